The summed E-state index contributed by atoms with van der Waals surface area (Å²) in [5.74, 6) is 0. The summed E-state index contributed by atoms with van der Waals surface area (Å²) in [5, 5.41) is 0. The van der Waals surface area contributed by atoms with E-state index in [9.17, 15) is 0 Å². The SMILES string of the molecule is CC1=Cc2cc(C)ccc2C1.CC1=Cc2ccc(C)cc2C1. The highest BCUT2D eigenvalue weighted by Gasteiger charge is 2.08. The Morgan fingerprint density at radius 2 is 1.18 bits per heavy atom. The summed E-state index contributed by atoms with van der Waals surface area (Å²) < 4.78 is 0. The Labute approximate surface area is 134 Å². The Morgan fingerprint density at radius 3 is 1.95 bits per heavy atom. The summed E-state index contributed by atoms with van der Waals surface area (Å²) >= 11 is 0. The maximum Gasteiger partial charge on any atom is -0.00605 e. The smallest absolute Gasteiger partial charge is 0.00605 e. The first-order valence-corrected chi connectivity index (χ1v) is 8.04. The minimum absolute atomic E-state index is 1.15. The molecule has 0 aromatic heterocycles. The number of fused-ring (bicyclic) bond motifs is 2. The van der Waals surface area contributed by atoms with Crippen LogP contribution in [0.3, 0.4) is 0 Å². The third kappa shape index (κ3) is 3.22. The quantitative estimate of drug-likeness (QED) is 0.565. The highest BCUT2D eigenvalue weighted by atomic mass is 14.1. The molecule has 4 rings (SSSR count). The van der Waals surface area contributed by atoms with Crippen LogP contribution in [0.1, 0.15) is 47.2 Å². The maximum atomic E-state index is 2.28. The van der Waals surface area contributed by atoms with E-state index in [1.165, 1.54) is 44.5 Å². The van der Waals surface area contributed by atoms with Crippen LogP contribution in [0.25, 0.3) is 12.2 Å². The Balaban J connectivity index is 0.000000131. The highest BCUT2D eigenvalue weighted by molar-refractivity contribution is 5.64. The number of rotatable bonds is 0. The van der Waals surface area contributed by atoms with Gasteiger partial charge in [0.15, 0.2) is 0 Å². The zero-order valence-corrected chi connectivity index (χ0v) is 14.0. The first kappa shape index (κ1) is 14.8. The van der Waals surface area contributed by atoms with Crippen LogP contribution in [0.5, 0.6) is 0 Å². The predicted molar refractivity (Wildman–Crippen MR) is 97.1 cm³/mol. The van der Waals surface area contributed by atoms with Crippen molar-refractivity contribution in [1.82, 2.24) is 0 Å². The van der Waals surface area contributed by atoms with Gasteiger partial charge in [-0.25, -0.2) is 0 Å². The molecule has 0 N–H and O–H groups in total. The van der Waals surface area contributed by atoms with Gasteiger partial charge in [-0.05, 0) is 62.8 Å². The van der Waals surface area contributed by atoms with Gasteiger partial charge >= 0.3 is 0 Å². The lowest BCUT2D eigenvalue weighted by atomic mass is 10.1. The fraction of sp³-hybridized carbons (Fsp3) is 0.273. The molecule has 22 heavy (non-hydrogen) atoms. The highest BCUT2D eigenvalue weighted by Crippen LogP contribution is 2.25. The topological polar surface area (TPSA) is 0 Å². The van der Waals surface area contributed by atoms with Gasteiger partial charge in [-0.1, -0.05) is 70.8 Å². The van der Waals surface area contributed by atoms with E-state index in [0.717, 1.165) is 12.8 Å². The summed E-state index contributed by atoms with van der Waals surface area (Å²) in [4.78, 5) is 0. The summed E-state index contributed by atoms with van der Waals surface area (Å²) in [6.45, 7) is 8.67. The Kier molecular flexibility index (Phi) is 4.02. The molecule has 0 saturated heterocycles. The fourth-order valence-corrected chi connectivity index (χ4v) is 3.27. The number of aryl methyl sites for hydroxylation is 2. The zero-order valence-electron chi connectivity index (χ0n) is 14.0. The normalized spacial score (nSPS) is 14.5. The first-order chi connectivity index (χ1) is 10.5. The maximum absolute atomic E-state index is 2.28. The second-order valence-corrected chi connectivity index (χ2v) is 6.74. The van der Waals surface area contributed by atoms with Crippen LogP contribution >= 0.6 is 0 Å². The van der Waals surface area contributed by atoms with Crippen molar-refractivity contribution >= 4 is 12.2 Å². The van der Waals surface area contributed by atoms with Gasteiger partial charge in [0.2, 0.25) is 0 Å². The van der Waals surface area contributed by atoms with Crippen molar-refractivity contribution in [2.24, 2.45) is 0 Å². The Morgan fingerprint density at radius 1 is 0.591 bits per heavy atom. The molecule has 0 amide bonds. The van der Waals surface area contributed by atoms with Gasteiger partial charge in [0.25, 0.3) is 0 Å². The van der Waals surface area contributed by atoms with E-state index in [4.69, 9.17) is 0 Å². The summed E-state index contributed by atoms with van der Waals surface area (Å²) in [5.41, 5.74) is 11.5. The average Bonchev–Trinajstić information content (AvgIpc) is 2.99. The van der Waals surface area contributed by atoms with E-state index in [-0.39, 0.29) is 0 Å². The fourth-order valence-electron chi connectivity index (χ4n) is 3.27. The molecule has 2 aromatic rings. The minimum Gasteiger partial charge on any atom is -0.0683 e. The van der Waals surface area contributed by atoms with Crippen LogP contribution in [-0.4, -0.2) is 0 Å². The molecular formula is C22H24. The average molecular weight is 288 g/mol. The van der Waals surface area contributed by atoms with Crippen molar-refractivity contribution in [2.45, 2.75) is 40.5 Å². The molecule has 0 aliphatic heterocycles. The monoisotopic (exact) mass is 288 g/mol. The third-order valence-electron chi connectivity index (χ3n) is 4.34. The second-order valence-electron chi connectivity index (χ2n) is 6.74. The van der Waals surface area contributed by atoms with Crippen molar-refractivity contribution in [1.29, 1.82) is 0 Å². The van der Waals surface area contributed by atoms with E-state index < -0.39 is 0 Å². The van der Waals surface area contributed by atoms with Gasteiger partial charge in [0.05, 0.1) is 0 Å². The van der Waals surface area contributed by atoms with Crippen molar-refractivity contribution in [3.05, 3.63) is 80.9 Å². The summed E-state index contributed by atoms with van der Waals surface area (Å²) in [7, 11) is 0. The minimum atomic E-state index is 1.15. The van der Waals surface area contributed by atoms with Crippen LogP contribution < -0.4 is 0 Å². The number of allylic oxidation sites excluding steroid dienone is 2. The molecule has 0 radical (unpaired) electrons. The van der Waals surface area contributed by atoms with Gasteiger partial charge < -0.3 is 0 Å². The predicted octanol–water partition coefficient (Wildman–Crippen LogP) is 5.91. The standard InChI is InChI=1S/2C11H12/c2*1-8-3-4-10-6-9(2)7-11(10)5-8/h3-5,7H,6H2,1-2H3;3-6H,7H2,1-2H3. The van der Waals surface area contributed by atoms with Crippen LogP contribution in [-0.2, 0) is 12.8 Å². The number of hydrogen-bond donors (Lipinski definition) is 0. The van der Waals surface area contributed by atoms with Crippen molar-refractivity contribution < 1.29 is 0 Å². The number of benzene rings is 2. The molecule has 0 heteroatoms. The van der Waals surface area contributed by atoms with E-state index in [1.807, 2.05) is 0 Å². The molecular weight excluding hydrogens is 264 g/mol. The van der Waals surface area contributed by atoms with Crippen molar-refractivity contribution in [3.63, 3.8) is 0 Å². The molecule has 0 nitrogen and oxygen atoms in total. The van der Waals surface area contributed by atoms with E-state index in [2.05, 4.69) is 76.2 Å². The molecule has 0 fully saturated rings. The lowest BCUT2D eigenvalue weighted by Crippen LogP contribution is -1.83. The molecule has 0 bridgehead atoms. The molecule has 0 saturated carbocycles. The molecule has 0 unspecified atom stereocenters. The van der Waals surface area contributed by atoms with E-state index >= 15 is 0 Å². The summed E-state index contributed by atoms with van der Waals surface area (Å²) in [6.07, 6.45) is 6.85. The zero-order chi connectivity index (χ0) is 15.7. The van der Waals surface area contributed by atoms with Gasteiger partial charge in [-0.3, -0.25) is 0 Å². The molecule has 2 aliphatic rings. The molecule has 0 heterocycles. The van der Waals surface area contributed by atoms with Crippen molar-refractivity contribution in [3.8, 4) is 0 Å². The first-order valence-electron chi connectivity index (χ1n) is 8.04. The molecule has 2 aliphatic carbocycles. The van der Waals surface area contributed by atoms with Gasteiger partial charge in [-0.15, -0.1) is 0 Å². The molecule has 0 spiro atoms. The lowest BCUT2D eigenvalue weighted by molar-refractivity contribution is 1.19. The molecule has 112 valence electrons. The Bertz CT molecular complexity index is 773. The van der Waals surface area contributed by atoms with Crippen LogP contribution in [0.2, 0.25) is 0 Å². The molecule has 0 atom stereocenters. The van der Waals surface area contributed by atoms with Gasteiger partial charge in [-0.2, -0.15) is 0 Å². The Hall–Kier alpha value is -2.08. The van der Waals surface area contributed by atoms with Crippen LogP contribution in [0.4, 0.5) is 0 Å². The lowest BCUT2D eigenvalue weighted by Gasteiger charge is -1.98. The third-order valence-corrected chi connectivity index (χ3v) is 4.34. The second kappa shape index (κ2) is 5.96. The van der Waals surface area contributed by atoms with E-state index in [1.54, 1.807) is 0 Å². The largest absolute Gasteiger partial charge is 0.0683 e. The van der Waals surface area contributed by atoms with Crippen molar-refractivity contribution in [2.75, 3.05) is 0 Å². The van der Waals surface area contributed by atoms with Crippen LogP contribution in [0.15, 0.2) is 47.5 Å². The van der Waals surface area contributed by atoms with Gasteiger partial charge in [0, 0.05) is 0 Å². The van der Waals surface area contributed by atoms with Crippen LogP contribution in [0, 0.1) is 13.8 Å². The van der Waals surface area contributed by atoms with E-state index in [0.29, 0.717) is 0 Å². The summed E-state index contributed by atoms with van der Waals surface area (Å²) in [6, 6.07) is 13.3. The van der Waals surface area contributed by atoms with Gasteiger partial charge in [0.1, 0.15) is 0 Å². The molecule has 2 aromatic carbocycles. The number of hydrogen-bond acceptors (Lipinski definition) is 0.